The zero-order valence-corrected chi connectivity index (χ0v) is 20.8. The lowest BCUT2D eigenvalue weighted by Crippen LogP contribution is -2.32. The second-order valence-corrected chi connectivity index (χ2v) is 9.85. The number of rotatable bonds is 8. The number of carbonyl (C=O) groups is 1. The van der Waals surface area contributed by atoms with E-state index in [0.717, 1.165) is 11.1 Å². The van der Waals surface area contributed by atoms with Crippen molar-refractivity contribution < 1.29 is 27.4 Å². The standard InChI is InChI=1S/C28H28F3N3O3/c1-27(2,3)18-32-26(35)20-11-14-24-23(15-20)33-25(17-36-21-7-5-4-6-8-21)34(24)16-19-9-12-22(13-10-19)37-28(29,30)31/h4-15H,16-18H2,1-3H3,(H,32,35). The average molecular weight is 512 g/mol. The Morgan fingerprint density at radius 1 is 0.946 bits per heavy atom. The molecule has 4 aromatic rings. The molecule has 0 unspecified atom stereocenters. The van der Waals surface area contributed by atoms with E-state index >= 15 is 0 Å². The van der Waals surface area contributed by atoms with E-state index in [1.165, 1.54) is 12.1 Å². The van der Waals surface area contributed by atoms with Gasteiger partial charge in [0.15, 0.2) is 0 Å². The molecule has 0 aliphatic heterocycles. The second kappa shape index (κ2) is 10.5. The van der Waals surface area contributed by atoms with Crippen LogP contribution < -0.4 is 14.8 Å². The lowest BCUT2D eigenvalue weighted by atomic mass is 9.97. The van der Waals surface area contributed by atoms with Gasteiger partial charge in [-0.1, -0.05) is 51.1 Å². The molecule has 0 aliphatic rings. The summed E-state index contributed by atoms with van der Waals surface area (Å²) in [6.07, 6.45) is -4.75. The number of para-hydroxylation sites is 1. The van der Waals surface area contributed by atoms with Gasteiger partial charge in [-0.15, -0.1) is 13.2 Å². The number of ether oxygens (including phenoxy) is 2. The number of hydrogen-bond donors (Lipinski definition) is 1. The van der Waals surface area contributed by atoms with Crippen LogP contribution in [0, 0.1) is 5.41 Å². The Hall–Kier alpha value is -4.01. The number of amides is 1. The molecule has 0 saturated carbocycles. The van der Waals surface area contributed by atoms with Crippen LogP contribution in [0.25, 0.3) is 11.0 Å². The van der Waals surface area contributed by atoms with Crippen molar-refractivity contribution in [2.45, 2.75) is 40.3 Å². The molecule has 1 N–H and O–H groups in total. The van der Waals surface area contributed by atoms with Crippen LogP contribution in [-0.2, 0) is 13.2 Å². The van der Waals surface area contributed by atoms with Gasteiger partial charge in [0.2, 0.25) is 0 Å². The van der Waals surface area contributed by atoms with Crippen LogP contribution in [-0.4, -0.2) is 28.4 Å². The Morgan fingerprint density at radius 3 is 2.30 bits per heavy atom. The van der Waals surface area contributed by atoms with Crippen LogP contribution in [0.1, 0.15) is 42.5 Å². The van der Waals surface area contributed by atoms with Crippen molar-refractivity contribution in [2.75, 3.05) is 6.54 Å². The monoisotopic (exact) mass is 511 g/mol. The van der Waals surface area contributed by atoms with Crippen molar-refractivity contribution >= 4 is 16.9 Å². The molecule has 1 aromatic heterocycles. The number of hydrogen-bond acceptors (Lipinski definition) is 4. The molecule has 0 fully saturated rings. The average Bonchev–Trinajstić information content (AvgIpc) is 3.18. The molecule has 0 atom stereocenters. The highest BCUT2D eigenvalue weighted by molar-refractivity contribution is 5.97. The molecule has 37 heavy (non-hydrogen) atoms. The topological polar surface area (TPSA) is 65.4 Å². The van der Waals surface area contributed by atoms with E-state index in [0.29, 0.717) is 35.7 Å². The van der Waals surface area contributed by atoms with Gasteiger partial charge in [0.1, 0.15) is 23.9 Å². The molecule has 0 aliphatic carbocycles. The van der Waals surface area contributed by atoms with Crippen molar-refractivity contribution in [2.24, 2.45) is 5.41 Å². The molecule has 0 spiro atoms. The smallest absolute Gasteiger partial charge is 0.486 e. The van der Waals surface area contributed by atoms with Gasteiger partial charge in [-0.2, -0.15) is 0 Å². The van der Waals surface area contributed by atoms with E-state index in [4.69, 9.17) is 9.72 Å². The van der Waals surface area contributed by atoms with Crippen molar-refractivity contribution in [3.8, 4) is 11.5 Å². The summed E-state index contributed by atoms with van der Waals surface area (Å²) >= 11 is 0. The van der Waals surface area contributed by atoms with E-state index in [9.17, 15) is 18.0 Å². The summed E-state index contributed by atoms with van der Waals surface area (Å²) in [6, 6.07) is 20.3. The molecule has 0 bridgehead atoms. The van der Waals surface area contributed by atoms with Gasteiger partial charge >= 0.3 is 6.36 Å². The maximum Gasteiger partial charge on any atom is 0.573 e. The normalized spacial score (nSPS) is 11.9. The van der Waals surface area contributed by atoms with E-state index < -0.39 is 6.36 Å². The number of nitrogens with one attached hydrogen (secondary N) is 1. The van der Waals surface area contributed by atoms with E-state index in [1.54, 1.807) is 24.3 Å². The van der Waals surface area contributed by atoms with Gasteiger partial charge in [0.05, 0.1) is 11.0 Å². The fourth-order valence-electron chi connectivity index (χ4n) is 3.70. The fourth-order valence-corrected chi connectivity index (χ4v) is 3.70. The van der Waals surface area contributed by atoms with Crippen LogP contribution in [0.4, 0.5) is 13.2 Å². The van der Waals surface area contributed by atoms with Crippen molar-refractivity contribution in [1.82, 2.24) is 14.9 Å². The number of aromatic nitrogens is 2. The number of nitrogens with zero attached hydrogens (tertiary/aromatic N) is 2. The van der Waals surface area contributed by atoms with E-state index in [-0.39, 0.29) is 23.7 Å². The number of imidazole rings is 1. The molecule has 9 heteroatoms. The van der Waals surface area contributed by atoms with Crippen LogP contribution in [0.5, 0.6) is 11.5 Å². The van der Waals surface area contributed by atoms with Gasteiger partial charge in [-0.3, -0.25) is 4.79 Å². The summed E-state index contributed by atoms with van der Waals surface area (Å²) in [6.45, 7) is 7.16. The highest BCUT2D eigenvalue weighted by Gasteiger charge is 2.31. The zero-order chi connectivity index (χ0) is 26.6. The zero-order valence-electron chi connectivity index (χ0n) is 20.8. The molecule has 6 nitrogen and oxygen atoms in total. The Kier molecular flexibility index (Phi) is 7.42. The van der Waals surface area contributed by atoms with E-state index in [1.807, 2.05) is 61.7 Å². The van der Waals surface area contributed by atoms with Crippen LogP contribution >= 0.6 is 0 Å². The van der Waals surface area contributed by atoms with Crippen molar-refractivity contribution in [3.05, 3.63) is 89.7 Å². The van der Waals surface area contributed by atoms with Gasteiger partial charge in [-0.05, 0) is 53.4 Å². The summed E-state index contributed by atoms with van der Waals surface area (Å²) in [7, 11) is 0. The quantitative estimate of drug-likeness (QED) is 0.300. The predicted octanol–water partition coefficient (Wildman–Crippen LogP) is 6.34. The molecule has 3 aromatic carbocycles. The van der Waals surface area contributed by atoms with Gasteiger partial charge in [-0.25, -0.2) is 4.98 Å². The largest absolute Gasteiger partial charge is 0.573 e. The predicted molar refractivity (Wildman–Crippen MR) is 135 cm³/mol. The Bertz CT molecular complexity index is 1360. The highest BCUT2D eigenvalue weighted by Crippen LogP contribution is 2.25. The third-order valence-electron chi connectivity index (χ3n) is 5.48. The van der Waals surface area contributed by atoms with Crippen LogP contribution in [0.3, 0.4) is 0 Å². The summed E-state index contributed by atoms with van der Waals surface area (Å²) in [5, 5.41) is 2.94. The molecular formula is C28H28F3N3O3. The van der Waals surface area contributed by atoms with E-state index in [2.05, 4.69) is 10.1 Å². The molecule has 1 amide bonds. The second-order valence-electron chi connectivity index (χ2n) is 9.85. The molecule has 0 saturated heterocycles. The lowest BCUT2D eigenvalue weighted by molar-refractivity contribution is -0.274. The maximum absolute atomic E-state index is 12.7. The number of alkyl halides is 3. The molecule has 4 rings (SSSR count). The number of carbonyl (C=O) groups excluding carboxylic acids is 1. The van der Waals surface area contributed by atoms with Crippen LogP contribution in [0.15, 0.2) is 72.8 Å². The molecule has 0 radical (unpaired) electrons. The summed E-state index contributed by atoms with van der Waals surface area (Å²) < 4.78 is 49.4. The summed E-state index contributed by atoms with van der Waals surface area (Å²) in [5.74, 6) is 0.817. The lowest BCUT2D eigenvalue weighted by Gasteiger charge is -2.18. The number of fused-ring (bicyclic) bond motifs is 1. The third kappa shape index (κ3) is 7.25. The van der Waals surface area contributed by atoms with Gasteiger partial charge in [0, 0.05) is 18.7 Å². The maximum atomic E-state index is 12.7. The Labute approximate surface area is 213 Å². The van der Waals surface area contributed by atoms with Crippen molar-refractivity contribution in [3.63, 3.8) is 0 Å². The minimum atomic E-state index is -4.75. The fraction of sp³-hybridized carbons (Fsp3) is 0.286. The molecular weight excluding hydrogens is 483 g/mol. The SMILES string of the molecule is CC(C)(C)CNC(=O)c1ccc2c(c1)nc(COc1ccccc1)n2Cc1ccc(OC(F)(F)F)cc1. The first-order valence-electron chi connectivity index (χ1n) is 11.8. The van der Waals surface area contributed by atoms with Crippen molar-refractivity contribution in [1.29, 1.82) is 0 Å². The Balaban J connectivity index is 1.62. The number of benzene rings is 3. The first-order chi connectivity index (χ1) is 17.5. The minimum absolute atomic E-state index is 0.0516. The first-order valence-corrected chi connectivity index (χ1v) is 11.8. The molecule has 194 valence electrons. The van der Waals surface area contributed by atoms with Gasteiger partial charge < -0.3 is 19.4 Å². The first kappa shape index (κ1) is 26.1. The van der Waals surface area contributed by atoms with Gasteiger partial charge in [0.25, 0.3) is 5.91 Å². The summed E-state index contributed by atoms with van der Waals surface area (Å²) in [4.78, 5) is 17.4. The molecule has 1 heterocycles. The summed E-state index contributed by atoms with van der Waals surface area (Å²) in [5.41, 5.74) is 2.58. The number of halogens is 3. The highest BCUT2D eigenvalue weighted by atomic mass is 19.4. The Morgan fingerprint density at radius 2 is 1.65 bits per heavy atom. The minimum Gasteiger partial charge on any atom is -0.486 e. The third-order valence-corrected chi connectivity index (χ3v) is 5.48. The van der Waals surface area contributed by atoms with Crippen LogP contribution in [0.2, 0.25) is 0 Å².